The molecule has 0 saturated heterocycles. The Hall–Kier alpha value is -1.46. The SMILES string of the molecule is CN(CC(F)(F)F)c1ccc(OC2CC2)nc1. The lowest BCUT2D eigenvalue weighted by molar-refractivity contribution is -0.119. The van der Waals surface area contributed by atoms with Gasteiger partial charge in [-0.2, -0.15) is 13.2 Å². The average molecular weight is 246 g/mol. The molecule has 6 heteroatoms. The summed E-state index contributed by atoms with van der Waals surface area (Å²) >= 11 is 0. The summed E-state index contributed by atoms with van der Waals surface area (Å²) in [7, 11) is 1.38. The fourth-order valence-corrected chi connectivity index (χ4v) is 1.38. The van der Waals surface area contributed by atoms with Crippen LogP contribution < -0.4 is 9.64 Å². The van der Waals surface area contributed by atoms with Crippen molar-refractivity contribution in [1.82, 2.24) is 4.98 Å². The lowest BCUT2D eigenvalue weighted by Gasteiger charge is -2.20. The molecule has 1 saturated carbocycles. The highest BCUT2D eigenvalue weighted by atomic mass is 19.4. The maximum atomic E-state index is 12.2. The van der Waals surface area contributed by atoms with Crippen LogP contribution in [0.3, 0.4) is 0 Å². The predicted molar refractivity (Wildman–Crippen MR) is 57.2 cm³/mol. The second-order valence-electron chi connectivity index (χ2n) is 4.14. The van der Waals surface area contributed by atoms with Gasteiger partial charge in [-0.3, -0.25) is 0 Å². The van der Waals surface area contributed by atoms with Crippen molar-refractivity contribution < 1.29 is 17.9 Å². The number of nitrogens with zero attached hydrogens (tertiary/aromatic N) is 2. The summed E-state index contributed by atoms with van der Waals surface area (Å²) in [5, 5.41) is 0. The van der Waals surface area contributed by atoms with Gasteiger partial charge in [0.25, 0.3) is 0 Å². The number of ether oxygens (including phenoxy) is 1. The molecule has 3 nitrogen and oxygen atoms in total. The first-order valence-electron chi connectivity index (χ1n) is 5.35. The Morgan fingerprint density at radius 2 is 2.12 bits per heavy atom. The molecular formula is C11H13F3N2O. The molecule has 1 fully saturated rings. The zero-order chi connectivity index (χ0) is 12.5. The first-order valence-corrected chi connectivity index (χ1v) is 5.35. The Balaban J connectivity index is 1.96. The van der Waals surface area contributed by atoms with Crippen LogP contribution in [-0.4, -0.2) is 30.9 Å². The third kappa shape index (κ3) is 3.80. The van der Waals surface area contributed by atoms with Crippen molar-refractivity contribution in [3.8, 4) is 5.88 Å². The zero-order valence-corrected chi connectivity index (χ0v) is 9.37. The van der Waals surface area contributed by atoms with Crippen LogP contribution in [0.5, 0.6) is 5.88 Å². The third-order valence-corrected chi connectivity index (χ3v) is 2.39. The van der Waals surface area contributed by atoms with E-state index in [-0.39, 0.29) is 6.10 Å². The molecule has 1 aromatic heterocycles. The summed E-state index contributed by atoms with van der Waals surface area (Å²) in [6.45, 7) is -0.989. The molecule has 0 radical (unpaired) electrons. The van der Waals surface area contributed by atoms with Crippen molar-refractivity contribution in [3.63, 3.8) is 0 Å². The Morgan fingerprint density at radius 1 is 1.41 bits per heavy atom. The van der Waals surface area contributed by atoms with E-state index in [1.807, 2.05) is 0 Å². The topological polar surface area (TPSA) is 25.4 Å². The minimum absolute atomic E-state index is 0.237. The summed E-state index contributed by atoms with van der Waals surface area (Å²) in [6, 6.07) is 3.18. The van der Waals surface area contributed by atoms with Gasteiger partial charge in [0.15, 0.2) is 0 Å². The molecule has 1 aliphatic carbocycles. The van der Waals surface area contributed by atoms with Crippen LogP contribution in [0.15, 0.2) is 18.3 Å². The van der Waals surface area contributed by atoms with Gasteiger partial charge in [-0.05, 0) is 18.9 Å². The number of hydrogen-bond acceptors (Lipinski definition) is 3. The fourth-order valence-electron chi connectivity index (χ4n) is 1.38. The quantitative estimate of drug-likeness (QED) is 0.816. The number of halogens is 3. The molecule has 94 valence electrons. The van der Waals surface area contributed by atoms with Gasteiger partial charge in [0.05, 0.1) is 11.9 Å². The molecule has 0 aliphatic heterocycles. The smallest absolute Gasteiger partial charge is 0.405 e. The van der Waals surface area contributed by atoms with Crippen LogP contribution >= 0.6 is 0 Å². The van der Waals surface area contributed by atoms with Gasteiger partial charge in [0.1, 0.15) is 12.6 Å². The first-order chi connectivity index (χ1) is 7.94. The Kier molecular flexibility index (Phi) is 3.13. The van der Waals surface area contributed by atoms with E-state index in [0.29, 0.717) is 11.6 Å². The minimum atomic E-state index is -4.21. The maximum Gasteiger partial charge on any atom is 0.405 e. The molecule has 0 atom stereocenters. The van der Waals surface area contributed by atoms with Crippen molar-refractivity contribution in [2.75, 3.05) is 18.5 Å². The van der Waals surface area contributed by atoms with Crippen LogP contribution in [0.2, 0.25) is 0 Å². The highest BCUT2D eigenvalue weighted by Gasteiger charge is 2.29. The van der Waals surface area contributed by atoms with E-state index in [4.69, 9.17) is 4.74 Å². The van der Waals surface area contributed by atoms with Gasteiger partial charge >= 0.3 is 6.18 Å². The van der Waals surface area contributed by atoms with E-state index in [9.17, 15) is 13.2 Å². The summed E-state index contributed by atoms with van der Waals surface area (Å²) < 4.78 is 41.9. The number of rotatable bonds is 4. The zero-order valence-electron chi connectivity index (χ0n) is 9.37. The Labute approximate surface area is 97.2 Å². The molecule has 1 heterocycles. The summed E-state index contributed by atoms with van der Waals surface area (Å²) in [5.41, 5.74) is 0.422. The number of alkyl halides is 3. The van der Waals surface area contributed by atoms with Crippen molar-refractivity contribution in [2.45, 2.75) is 25.1 Å². The number of aromatic nitrogens is 1. The molecule has 0 unspecified atom stereocenters. The van der Waals surface area contributed by atoms with E-state index >= 15 is 0 Å². The van der Waals surface area contributed by atoms with Crippen molar-refractivity contribution >= 4 is 5.69 Å². The molecular weight excluding hydrogens is 233 g/mol. The molecule has 1 aromatic rings. The lowest BCUT2D eigenvalue weighted by atomic mass is 10.3. The van der Waals surface area contributed by atoms with Gasteiger partial charge in [0, 0.05) is 13.1 Å². The van der Waals surface area contributed by atoms with Crippen LogP contribution in [0, 0.1) is 0 Å². The van der Waals surface area contributed by atoms with Gasteiger partial charge in [-0.1, -0.05) is 0 Å². The molecule has 0 bridgehead atoms. The number of anilines is 1. The second-order valence-corrected chi connectivity index (χ2v) is 4.14. The van der Waals surface area contributed by atoms with E-state index in [1.165, 1.54) is 13.2 Å². The maximum absolute atomic E-state index is 12.2. The van der Waals surface area contributed by atoms with Crippen molar-refractivity contribution in [2.24, 2.45) is 0 Å². The highest BCUT2D eigenvalue weighted by molar-refractivity contribution is 5.44. The van der Waals surface area contributed by atoms with Gasteiger partial charge in [0.2, 0.25) is 5.88 Å². The lowest BCUT2D eigenvalue weighted by Crippen LogP contribution is -2.30. The monoisotopic (exact) mass is 246 g/mol. The summed E-state index contributed by atoms with van der Waals surface area (Å²) in [5.74, 6) is 0.469. The summed E-state index contributed by atoms with van der Waals surface area (Å²) in [6.07, 6.45) is -0.530. The molecule has 0 amide bonds. The highest BCUT2D eigenvalue weighted by Crippen LogP contribution is 2.26. The minimum Gasteiger partial charge on any atom is -0.474 e. The molecule has 1 aliphatic rings. The Bertz CT molecular complexity index is 373. The van der Waals surface area contributed by atoms with Gasteiger partial charge < -0.3 is 9.64 Å². The van der Waals surface area contributed by atoms with E-state index in [2.05, 4.69) is 4.98 Å². The van der Waals surface area contributed by atoms with Crippen LogP contribution in [0.1, 0.15) is 12.8 Å². The van der Waals surface area contributed by atoms with E-state index < -0.39 is 12.7 Å². The first kappa shape index (κ1) is 12.0. The van der Waals surface area contributed by atoms with Crippen LogP contribution in [-0.2, 0) is 0 Å². The second kappa shape index (κ2) is 4.43. The molecule has 17 heavy (non-hydrogen) atoms. The van der Waals surface area contributed by atoms with E-state index in [1.54, 1.807) is 12.1 Å². The predicted octanol–water partition coefficient (Wildman–Crippen LogP) is 2.62. The average Bonchev–Trinajstić information content (AvgIpc) is 3.00. The normalized spacial score (nSPS) is 15.8. The Morgan fingerprint density at radius 3 is 2.59 bits per heavy atom. The molecule has 0 spiro atoms. The third-order valence-electron chi connectivity index (χ3n) is 2.39. The van der Waals surface area contributed by atoms with Gasteiger partial charge in [-0.15, -0.1) is 0 Å². The fraction of sp³-hybridized carbons (Fsp3) is 0.545. The van der Waals surface area contributed by atoms with Crippen molar-refractivity contribution in [1.29, 1.82) is 0 Å². The number of hydrogen-bond donors (Lipinski definition) is 0. The molecule has 0 aromatic carbocycles. The standard InChI is InChI=1S/C11H13F3N2O/c1-16(7-11(12,13)14)8-2-5-10(15-6-8)17-9-3-4-9/h2,5-6,9H,3-4,7H2,1H3. The molecule has 2 rings (SSSR count). The van der Waals surface area contributed by atoms with Crippen LogP contribution in [0.25, 0.3) is 0 Å². The van der Waals surface area contributed by atoms with Crippen LogP contribution in [0.4, 0.5) is 18.9 Å². The number of pyridine rings is 1. The molecule has 0 N–H and O–H groups in total. The summed E-state index contributed by atoms with van der Waals surface area (Å²) in [4.78, 5) is 5.08. The largest absolute Gasteiger partial charge is 0.474 e. The van der Waals surface area contributed by atoms with Crippen molar-refractivity contribution in [3.05, 3.63) is 18.3 Å². The van der Waals surface area contributed by atoms with Gasteiger partial charge in [-0.25, -0.2) is 4.98 Å². The van der Waals surface area contributed by atoms with E-state index in [0.717, 1.165) is 17.7 Å².